The van der Waals surface area contributed by atoms with Gasteiger partial charge in [-0.1, -0.05) is 127 Å². The number of ketones is 1. The molecule has 0 amide bonds. The van der Waals surface area contributed by atoms with Crippen LogP contribution >= 0.6 is 11.6 Å². The van der Waals surface area contributed by atoms with Crippen LogP contribution in [-0.4, -0.2) is 25.1 Å². The third-order valence-electron chi connectivity index (χ3n) is 8.01. The molecule has 4 aromatic carbocycles. The summed E-state index contributed by atoms with van der Waals surface area (Å²) in [6.45, 7) is 0.615. The van der Waals surface area contributed by atoms with Crippen molar-refractivity contribution in [1.29, 1.82) is 0 Å². The van der Waals surface area contributed by atoms with Gasteiger partial charge in [0.15, 0.2) is 0 Å². The number of fused-ring (bicyclic) bond motifs is 1. The minimum atomic E-state index is -0.656. The molecule has 204 valence electrons. The van der Waals surface area contributed by atoms with Crippen LogP contribution in [0.2, 0.25) is 5.02 Å². The first-order chi connectivity index (χ1) is 20.7. The third kappa shape index (κ3) is 4.30. The van der Waals surface area contributed by atoms with Gasteiger partial charge in [0.25, 0.3) is 0 Å². The van der Waals surface area contributed by atoms with Crippen LogP contribution in [-0.2, 0) is 12.1 Å². The van der Waals surface area contributed by atoms with Crippen molar-refractivity contribution in [1.82, 2.24) is 19.3 Å². The molecule has 0 saturated carbocycles. The molecule has 0 atom stereocenters. The number of Topliss-reactive ketones (excluding diaryl/α,β-unsaturated/α-hetero) is 1. The van der Waals surface area contributed by atoms with E-state index < -0.39 is 5.54 Å². The number of benzene rings is 4. The highest BCUT2D eigenvalue weighted by Crippen LogP contribution is 2.41. The molecule has 0 saturated heterocycles. The molecule has 1 aliphatic rings. The third-order valence-corrected chi connectivity index (χ3v) is 8.28. The van der Waals surface area contributed by atoms with E-state index in [1.54, 1.807) is 4.68 Å². The molecule has 0 spiro atoms. The first-order valence-electron chi connectivity index (χ1n) is 13.9. The van der Waals surface area contributed by atoms with Gasteiger partial charge < -0.3 is 4.57 Å². The number of hydrogen-bond donors (Lipinski definition) is 0. The lowest BCUT2D eigenvalue weighted by Gasteiger charge is -2.37. The Balaban J connectivity index is 1.38. The summed E-state index contributed by atoms with van der Waals surface area (Å²) in [5.41, 5.74) is 6.59. The second kappa shape index (κ2) is 10.8. The number of carbonyl (C=O) groups excluding carboxylic acids is 1. The molecule has 0 bridgehead atoms. The molecule has 3 heterocycles. The molecule has 1 aliphatic heterocycles. The molecular weight excluding hydrogens is 540 g/mol. The van der Waals surface area contributed by atoms with Crippen molar-refractivity contribution in [3.8, 4) is 11.3 Å². The maximum Gasteiger partial charge on any atom is 0.208 e. The number of aryl methyl sites for hydroxylation is 1. The summed E-state index contributed by atoms with van der Waals surface area (Å²) in [6.07, 6.45) is 8.13. The molecule has 0 aliphatic carbocycles. The van der Waals surface area contributed by atoms with Crippen LogP contribution in [0.4, 0.5) is 0 Å². The Morgan fingerprint density at radius 3 is 1.95 bits per heavy atom. The van der Waals surface area contributed by atoms with Gasteiger partial charge in [-0.25, -0.2) is 4.98 Å². The Kier molecular flexibility index (Phi) is 6.65. The van der Waals surface area contributed by atoms with E-state index in [4.69, 9.17) is 16.6 Å². The van der Waals surface area contributed by atoms with Crippen LogP contribution in [0, 0.1) is 0 Å². The van der Waals surface area contributed by atoms with Crippen LogP contribution in [0.15, 0.2) is 140 Å². The highest BCUT2D eigenvalue weighted by molar-refractivity contribution is 6.34. The van der Waals surface area contributed by atoms with Crippen LogP contribution < -0.4 is 0 Å². The lowest BCUT2D eigenvalue weighted by Crippen LogP contribution is -2.36. The van der Waals surface area contributed by atoms with Crippen molar-refractivity contribution >= 4 is 23.5 Å². The van der Waals surface area contributed by atoms with E-state index in [1.165, 1.54) is 6.20 Å². The molecule has 6 heteroatoms. The number of nitrogens with zero attached hydrogens (tertiary/aromatic N) is 4. The standard InChI is InChI=1S/C36H27ClN4O/c37-32-23-39-41-21-20-27(35(42)34(32)41)22-26-12-10-11-19-31(26)33-24-40(25-38-33)36(28-13-4-1-5-14-28,29-15-6-2-7-16-29)30-17-8-3-9-18-30/h1-19,22-25H,20-21H2/b27-22+. The average molecular weight is 567 g/mol. The van der Waals surface area contributed by atoms with E-state index in [2.05, 4.69) is 94.7 Å². The van der Waals surface area contributed by atoms with Gasteiger partial charge in [-0.3, -0.25) is 9.48 Å². The van der Waals surface area contributed by atoms with E-state index in [1.807, 2.05) is 48.8 Å². The fourth-order valence-corrected chi connectivity index (χ4v) is 6.29. The van der Waals surface area contributed by atoms with Crippen LogP contribution in [0.25, 0.3) is 17.3 Å². The zero-order valence-electron chi connectivity index (χ0n) is 22.8. The summed E-state index contributed by atoms with van der Waals surface area (Å²) in [7, 11) is 0. The fraction of sp³-hybridized carbons (Fsp3) is 0.0833. The van der Waals surface area contributed by atoms with Crippen molar-refractivity contribution in [3.63, 3.8) is 0 Å². The van der Waals surface area contributed by atoms with Gasteiger partial charge in [0.1, 0.15) is 11.2 Å². The Labute approximate surface area is 249 Å². The fourth-order valence-electron chi connectivity index (χ4n) is 6.06. The number of rotatable bonds is 6. The maximum atomic E-state index is 13.3. The molecule has 0 radical (unpaired) electrons. The smallest absolute Gasteiger partial charge is 0.208 e. The quantitative estimate of drug-likeness (QED) is 0.152. The zero-order valence-corrected chi connectivity index (χ0v) is 23.5. The van der Waals surface area contributed by atoms with E-state index in [-0.39, 0.29) is 5.78 Å². The van der Waals surface area contributed by atoms with Crippen LogP contribution in [0.5, 0.6) is 0 Å². The number of allylic oxidation sites excluding steroid dienone is 1. The summed E-state index contributed by atoms with van der Waals surface area (Å²) in [5.74, 6) is -0.0830. The number of aromatic nitrogens is 4. The van der Waals surface area contributed by atoms with Gasteiger partial charge in [-0.2, -0.15) is 5.10 Å². The van der Waals surface area contributed by atoms with Gasteiger partial charge in [0.2, 0.25) is 5.78 Å². The normalized spacial score (nSPS) is 14.2. The maximum absolute atomic E-state index is 13.3. The topological polar surface area (TPSA) is 52.7 Å². The molecular formula is C36H27ClN4O. The van der Waals surface area contributed by atoms with Crippen molar-refractivity contribution in [2.75, 3.05) is 0 Å². The Hall–Kier alpha value is -5.00. The van der Waals surface area contributed by atoms with E-state index >= 15 is 0 Å². The number of imidazole rings is 1. The molecule has 7 rings (SSSR count). The lowest BCUT2D eigenvalue weighted by atomic mass is 9.77. The van der Waals surface area contributed by atoms with Gasteiger partial charge in [0, 0.05) is 23.9 Å². The number of hydrogen-bond acceptors (Lipinski definition) is 3. The minimum absolute atomic E-state index is 0.0830. The largest absolute Gasteiger partial charge is 0.318 e. The SMILES string of the molecule is O=C1/C(=C/c2ccccc2-c2cn(C(c3ccccc3)(c3ccccc3)c3ccccc3)cn2)CCn2ncc(Cl)c21. The second-order valence-corrected chi connectivity index (χ2v) is 10.8. The summed E-state index contributed by atoms with van der Waals surface area (Å²) in [6, 6.07) is 39.7. The summed E-state index contributed by atoms with van der Waals surface area (Å²) >= 11 is 6.30. The summed E-state index contributed by atoms with van der Waals surface area (Å²) in [4.78, 5) is 18.3. The first kappa shape index (κ1) is 25.9. The van der Waals surface area contributed by atoms with E-state index in [9.17, 15) is 4.79 Å². The molecule has 2 aromatic heterocycles. The molecule has 0 fully saturated rings. The second-order valence-electron chi connectivity index (χ2n) is 10.4. The Bertz CT molecular complexity index is 1810. The Morgan fingerprint density at radius 1 is 0.762 bits per heavy atom. The number of halogens is 1. The summed E-state index contributed by atoms with van der Waals surface area (Å²) < 4.78 is 3.89. The first-order valence-corrected chi connectivity index (χ1v) is 14.3. The minimum Gasteiger partial charge on any atom is -0.318 e. The van der Waals surface area contributed by atoms with Crippen LogP contribution in [0.3, 0.4) is 0 Å². The zero-order chi connectivity index (χ0) is 28.5. The van der Waals surface area contributed by atoms with Crippen molar-refractivity contribution < 1.29 is 4.79 Å². The van der Waals surface area contributed by atoms with Gasteiger partial charge in [0.05, 0.1) is 23.2 Å². The van der Waals surface area contributed by atoms with Gasteiger partial charge >= 0.3 is 0 Å². The van der Waals surface area contributed by atoms with Crippen molar-refractivity contribution in [2.45, 2.75) is 18.5 Å². The Morgan fingerprint density at radius 2 is 1.33 bits per heavy atom. The molecule has 6 aromatic rings. The van der Waals surface area contributed by atoms with Crippen LogP contribution in [0.1, 0.15) is 39.2 Å². The van der Waals surface area contributed by atoms with Gasteiger partial charge in [-0.05, 0) is 34.8 Å². The lowest BCUT2D eigenvalue weighted by molar-refractivity contribution is 0.101. The van der Waals surface area contributed by atoms with Gasteiger partial charge in [-0.15, -0.1) is 0 Å². The van der Waals surface area contributed by atoms with E-state index in [0.29, 0.717) is 29.3 Å². The predicted molar refractivity (Wildman–Crippen MR) is 166 cm³/mol. The molecule has 0 N–H and O–H groups in total. The molecule has 42 heavy (non-hydrogen) atoms. The van der Waals surface area contributed by atoms with E-state index in [0.717, 1.165) is 33.5 Å². The molecule has 5 nitrogen and oxygen atoms in total. The average Bonchev–Trinajstić information content (AvgIpc) is 3.69. The van der Waals surface area contributed by atoms with Crippen molar-refractivity contribution in [3.05, 3.63) is 173 Å². The molecule has 0 unspecified atom stereocenters. The predicted octanol–water partition coefficient (Wildman–Crippen LogP) is 7.91. The highest BCUT2D eigenvalue weighted by Gasteiger charge is 2.38. The number of carbonyl (C=O) groups is 1. The summed E-state index contributed by atoms with van der Waals surface area (Å²) in [5, 5.41) is 4.62. The monoisotopic (exact) mass is 566 g/mol. The highest BCUT2D eigenvalue weighted by atomic mass is 35.5. The van der Waals surface area contributed by atoms with Crippen molar-refractivity contribution in [2.24, 2.45) is 0 Å².